The lowest BCUT2D eigenvalue weighted by molar-refractivity contribution is -0.131. The Balaban J connectivity index is 1.95. The van der Waals surface area contributed by atoms with Crippen molar-refractivity contribution in [3.8, 4) is 0 Å². The summed E-state index contributed by atoms with van der Waals surface area (Å²) in [6.07, 6.45) is 2.84. The molecule has 1 unspecified atom stereocenters. The summed E-state index contributed by atoms with van der Waals surface area (Å²) < 4.78 is 0. The van der Waals surface area contributed by atoms with Gasteiger partial charge in [-0.15, -0.1) is 11.3 Å². The van der Waals surface area contributed by atoms with Gasteiger partial charge in [0.15, 0.2) is 0 Å². The Morgan fingerprint density at radius 1 is 1.59 bits per heavy atom. The average Bonchev–Trinajstić information content (AvgIpc) is 2.88. The number of nitrogens with zero attached hydrogens (tertiary/aromatic N) is 1. The summed E-state index contributed by atoms with van der Waals surface area (Å²) in [6, 6.07) is 4.55. The molecule has 1 aliphatic heterocycles. The number of thiophene rings is 1. The molecule has 1 N–H and O–H groups in total. The van der Waals surface area contributed by atoms with E-state index in [1.807, 2.05) is 11.9 Å². The van der Waals surface area contributed by atoms with Crippen molar-refractivity contribution < 1.29 is 4.79 Å². The fraction of sp³-hybridized carbons (Fsp3) is 0.615. The molecule has 0 aromatic carbocycles. The molecule has 1 amide bonds. The first-order valence-corrected chi connectivity index (χ1v) is 7.01. The van der Waals surface area contributed by atoms with E-state index in [2.05, 4.69) is 24.4 Å². The molecule has 1 atom stereocenters. The van der Waals surface area contributed by atoms with Gasteiger partial charge in [0.2, 0.25) is 5.91 Å². The lowest BCUT2D eigenvalue weighted by Crippen LogP contribution is -2.41. The van der Waals surface area contributed by atoms with Crippen LogP contribution in [0.1, 0.15) is 22.6 Å². The van der Waals surface area contributed by atoms with Crippen LogP contribution in [0.25, 0.3) is 0 Å². The summed E-state index contributed by atoms with van der Waals surface area (Å²) in [5.74, 6) is 0.282. The minimum Gasteiger partial charge on any atom is -0.338 e. The highest BCUT2D eigenvalue weighted by molar-refractivity contribution is 7.12. The summed E-state index contributed by atoms with van der Waals surface area (Å²) in [5.41, 5.74) is 0. The zero-order valence-electron chi connectivity index (χ0n) is 10.5. The van der Waals surface area contributed by atoms with E-state index in [0.29, 0.717) is 12.5 Å². The topological polar surface area (TPSA) is 32.3 Å². The highest BCUT2D eigenvalue weighted by atomic mass is 32.1. The fourth-order valence-corrected chi connectivity index (χ4v) is 3.32. The van der Waals surface area contributed by atoms with Crippen LogP contribution in [-0.4, -0.2) is 37.0 Å². The molecule has 0 aliphatic carbocycles. The third kappa shape index (κ3) is 3.07. The summed E-state index contributed by atoms with van der Waals surface area (Å²) in [6.45, 7) is 3.92. The van der Waals surface area contributed by atoms with Gasteiger partial charge in [0.1, 0.15) is 0 Å². The van der Waals surface area contributed by atoms with E-state index in [-0.39, 0.29) is 5.91 Å². The molecule has 1 aromatic rings. The minimum absolute atomic E-state index is 0.282. The maximum Gasteiger partial charge on any atom is 0.228 e. The smallest absolute Gasteiger partial charge is 0.228 e. The lowest BCUT2D eigenvalue weighted by Gasteiger charge is -2.24. The maximum atomic E-state index is 12.2. The van der Waals surface area contributed by atoms with Gasteiger partial charge in [0.25, 0.3) is 0 Å². The molecule has 1 fully saturated rings. The molecular formula is C13H20N2OS. The number of carbonyl (C=O) groups is 1. The molecule has 94 valence electrons. The van der Waals surface area contributed by atoms with Crippen LogP contribution in [0.2, 0.25) is 0 Å². The second kappa shape index (κ2) is 5.65. The molecule has 1 aromatic heterocycles. The van der Waals surface area contributed by atoms with Crippen molar-refractivity contribution in [1.82, 2.24) is 10.2 Å². The highest BCUT2D eigenvalue weighted by Crippen LogP contribution is 2.21. The van der Waals surface area contributed by atoms with Crippen LogP contribution in [0.5, 0.6) is 0 Å². The first-order chi connectivity index (χ1) is 8.20. The number of hydrogen-bond acceptors (Lipinski definition) is 3. The third-order valence-corrected chi connectivity index (χ3v) is 4.26. The van der Waals surface area contributed by atoms with Gasteiger partial charge < -0.3 is 10.2 Å². The van der Waals surface area contributed by atoms with Crippen molar-refractivity contribution in [3.63, 3.8) is 0 Å². The van der Waals surface area contributed by atoms with Crippen LogP contribution in [0.4, 0.5) is 0 Å². The molecule has 0 radical (unpaired) electrons. The van der Waals surface area contributed by atoms with Crippen molar-refractivity contribution in [1.29, 1.82) is 0 Å². The number of hydrogen-bond donors (Lipinski definition) is 1. The van der Waals surface area contributed by atoms with Crippen molar-refractivity contribution >= 4 is 17.2 Å². The second-order valence-electron chi connectivity index (χ2n) is 4.63. The molecule has 2 heterocycles. The number of carbonyl (C=O) groups excluding carboxylic acids is 1. The fourth-order valence-electron chi connectivity index (χ4n) is 2.44. The SMILES string of the molecule is CNCC1CCCN1C(=O)Cc1ccc(C)s1. The number of likely N-dealkylation sites (tertiary alicyclic amines) is 1. The van der Waals surface area contributed by atoms with E-state index in [1.54, 1.807) is 11.3 Å². The summed E-state index contributed by atoms with van der Waals surface area (Å²) in [7, 11) is 1.95. The van der Waals surface area contributed by atoms with Gasteiger partial charge in [-0.1, -0.05) is 0 Å². The van der Waals surface area contributed by atoms with Crippen molar-refractivity contribution in [2.45, 2.75) is 32.2 Å². The molecule has 0 saturated carbocycles. The number of rotatable bonds is 4. The Hall–Kier alpha value is -0.870. The Bertz CT molecular complexity index is 389. The number of nitrogens with one attached hydrogen (secondary N) is 1. The van der Waals surface area contributed by atoms with Gasteiger partial charge in [-0.2, -0.15) is 0 Å². The standard InChI is InChI=1S/C13H20N2OS/c1-10-5-6-12(17-10)8-13(16)15-7-3-4-11(15)9-14-2/h5-6,11,14H,3-4,7-9H2,1-2H3. The number of aryl methyl sites for hydroxylation is 1. The normalized spacial score (nSPS) is 19.9. The quantitative estimate of drug-likeness (QED) is 0.886. The zero-order chi connectivity index (χ0) is 12.3. The van der Waals surface area contributed by atoms with Crippen molar-refractivity contribution in [2.24, 2.45) is 0 Å². The van der Waals surface area contributed by atoms with E-state index in [0.717, 1.165) is 25.9 Å². The van der Waals surface area contributed by atoms with Gasteiger partial charge in [-0.3, -0.25) is 4.79 Å². The van der Waals surface area contributed by atoms with Gasteiger partial charge in [-0.05, 0) is 38.9 Å². The van der Waals surface area contributed by atoms with Crippen LogP contribution in [0, 0.1) is 6.92 Å². The Morgan fingerprint density at radius 2 is 2.41 bits per heavy atom. The Kier molecular flexibility index (Phi) is 4.18. The van der Waals surface area contributed by atoms with E-state index in [9.17, 15) is 4.79 Å². The van der Waals surface area contributed by atoms with Gasteiger partial charge in [0, 0.05) is 28.9 Å². The van der Waals surface area contributed by atoms with Crippen LogP contribution in [0.15, 0.2) is 12.1 Å². The van der Waals surface area contributed by atoms with Crippen molar-refractivity contribution in [3.05, 3.63) is 21.9 Å². The van der Waals surface area contributed by atoms with E-state index in [4.69, 9.17) is 0 Å². The number of likely N-dealkylation sites (N-methyl/N-ethyl adjacent to an activating group) is 1. The predicted molar refractivity (Wildman–Crippen MR) is 71.4 cm³/mol. The Labute approximate surface area is 107 Å². The Morgan fingerprint density at radius 3 is 3.06 bits per heavy atom. The monoisotopic (exact) mass is 252 g/mol. The molecule has 1 saturated heterocycles. The van der Waals surface area contributed by atoms with E-state index in [1.165, 1.54) is 9.75 Å². The molecule has 0 spiro atoms. The molecule has 4 heteroatoms. The predicted octanol–water partition coefficient (Wildman–Crippen LogP) is 1.81. The van der Waals surface area contributed by atoms with Crippen molar-refractivity contribution in [2.75, 3.05) is 20.1 Å². The summed E-state index contributed by atoms with van der Waals surface area (Å²) in [4.78, 5) is 16.7. The third-order valence-electron chi connectivity index (χ3n) is 3.26. The molecule has 17 heavy (non-hydrogen) atoms. The number of amides is 1. The van der Waals surface area contributed by atoms with Crippen LogP contribution in [0.3, 0.4) is 0 Å². The molecular weight excluding hydrogens is 232 g/mol. The van der Waals surface area contributed by atoms with Gasteiger partial charge >= 0.3 is 0 Å². The largest absolute Gasteiger partial charge is 0.338 e. The lowest BCUT2D eigenvalue weighted by atomic mass is 10.2. The van der Waals surface area contributed by atoms with Crippen LogP contribution in [-0.2, 0) is 11.2 Å². The first-order valence-electron chi connectivity index (χ1n) is 6.20. The summed E-state index contributed by atoms with van der Waals surface area (Å²) in [5, 5.41) is 3.17. The summed E-state index contributed by atoms with van der Waals surface area (Å²) >= 11 is 1.73. The molecule has 3 nitrogen and oxygen atoms in total. The molecule has 1 aliphatic rings. The zero-order valence-corrected chi connectivity index (χ0v) is 11.3. The molecule has 0 bridgehead atoms. The first kappa shape index (κ1) is 12.6. The molecule has 2 rings (SSSR count). The highest BCUT2D eigenvalue weighted by Gasteiger charge is 2.27. The minimum atomic E-state index is 0.282. The van der Waals surface area contributed by atoms with E-state index < -0.39 is 0 Å². The second-order valence-corrected chi connectivity index (χ2v) is 6.00. The van der Waals surface area contributed by atoms with Gasteiger partial charge in [0.05, 0.1) is 6.42 Å². The average molecular weight is 252 g/mol. The van der Waals surface area contributed by atoms with Crippen LogP contribution < -0.4 is 5.32 Å². The van der Waals surface area contributed by atoms with Crippen LogP contribution >= 0.6 is 11.3 Å². The maximum absolute atomic E-state index is 12.2. The van der Waals surface area contributed by atoms with E-state index >= 15 is 0 Å². The van der Waals surface area contributed by atoms with Gasteiger partial charge in [-0.25, -0.2) is 0 Å².